The maximum absolute atomic E-state index is 12.1. The minimum absolute atomic E-state index is 0.00306. The second-order valence-electron chi connectivity index (χ2n) is 3.71. The van der Waals surface area contributed by atoms with Crippen LogP contribution >= 0.6 is 47.8 Å². The Labute approximate surface area is 130 Å². The molecule has 2 rings (SSSR count). The Morgan fingerprint density at radius 2 is 1.72 bits per heavy atom. The van der Waals surface area contributed by atoms with Gasteiger partial charge in [-0.25, -0.2) is 0 Å². The Morgan fingerprint density at radius 1 is 1.06 bits per heavy atom. The summed E-state index contributed by atoms with van der Waals surface area (Å²) in [5.74, 6) is -0.00306. The van der Waals surface area contributed by atoms with Crippen molar-refractivity contribution in [3.63, 3.8) is 0 Å². The summed E-state index contributed by atoms with van der Waals surface area (Å²) in [6, 6.07) is 9.52. The smallest absolute Gasteiger partial charge is 0.186 e. The van der Waals surface area contributed by atoms with E-state index in [2.05, 4.69) is 52.8 Å². The number of pyridine rings is 1. The molecule has 0 fully saturated rings. The average molecular weight is 434 g/mol. The molecule has 1 heterocycles. The van der Waals surface area contributed by atoms with Crippen LogP contribution in [0, 0.1) is 0 Å². The Kier molecular flexibility index (Phi) is 4.70. The zero-order valence-electron chi connectivity index (χ0n) is 9.16. The number of carbonyl (C=O) groups is 1. The van der Waals surface area contributed by atoms with Gasteiger partial charge in [-0.3, -0.25) is 9.78 Å². The fraction of sp³-hybridized carbons (Fsp3) is 0.0769. The minimum Gasteiger partial charge on any atom is -0.292 e. The highest BCUT2D eigenvalue weighted by Gasteiger charge is 2.12. The van der Waals surface area contributed by atoms with Crippen molar-refractivity contribution in [2.45, 2.75) is 6.42 Å². The Morgan fingerprint density at radius 3 is 2.33 bits per heavy atom. The van der Waals surface area contributed by atoms with Gasteiger partial charge in [0, 0.05) is 26.0 Å². The van der Waals surface area contributed by atoms with E-state index in [-0.39, 0.29) is 5.78 Å². The van der Waals surface area contributed by atoms with Crippen LogP contribution in [0.4, 0.5) is 0 Å². The van der Waals surface area contributed by atoms with E-state index in [9.17, 15) is 4.79 Å². The minimum atomic E-state index is -0.00306. The third kappa shape index (κ3) is 3.49. The largest absolute Gasteiger partial charge is 0.292 e. The van der Waals surface area contributed by atoms with Gasteiger partial charge in [-0.15, -0.1) is 0 Å². The first-order chi connectivity index (χ1) is 8.56. The molecule has 0 saturated carbocycles. The predicted octanol–water partition coefficient (Wildman–Crippen LogP) is 4.79. The van der Waals surface area contributed by atoms with E-state index in [1.807, 2.05) is 30.3 Å². The normalized spacial score (nSPS) is 10.4. The van der Waals surface area contributed by atoms with Crippen LogP contribution in [-0.4, -0.2) is 10.8 Å². The second kappa shape index (κ2) is 6.08. The molecule has 1 aromatic heterocycles. The summed E-state index contributed by atoms with van der Waals surface area (Å²) in [6.07, 6.45) is 1.97. The third-order valence-corrected chi connectivity index (χ3v) is 3.92. The molecule has 2 aromatic rings. The standard InChI is InChI=1S/C13H8Br3NO/c14-9-3-1-8(2-4-9)5-12(18)13-11(16)6-10(15)7-17-13/h1-4,6-7H,5H2. The van der Waals surface area contributed by atoms with Gasteiger partial charge in [0.15, 0.2) is 5.78 Å². The summed E-state index contributed by atoms with van der Waals surface area (Å²) < 4.78 is 2.55. The van der Waals surface area contributed by atoms with Crippen LogP contribution in [0.5, 0.6) is 0 Å². The maximum atomic E-state index is 12.1. The maximum Gasteiger partial charge on any atom is 0.186 e. The Bertz CT molecular complexity index is 581. The monoisotopic (exact) mass is 431 g/mol. The van der Waals surface area contributed by atoms with E-state index in [1.54, 1.807) is 6.20 Å². The van der Waals surface area contributed by atoms with Crippen molar-refractivity contribution in [3.05, 3.63) is 61.2 Å². The van der Waals surface area contributed by atoms with Crippen LogP contribution in [0.3, 0.4) is 0 Å². The van der Waals surface area contributed by atoms with E-state index >= 15 is 0 Å². The number of ketones is 1. The molecule has 0 aliphatic rings. The third-order valence-electron chi connectivity index (χ3n) is 2.35. The number of benzene rings is 1. The molecule has 0 radical (unpaired) electrons. The molecule has 0 aliphatic carbocycles. The van der Waals surface area contributed by atoms with Crippen LogP contribution < -0.4 is 0 Å². The zero-order chi connectivity index (χ0) is 13.1. The summed E-state index contributed by atoms with van der Waals surface area (Å²) in [7, 11) is 0. The van der Waals surface area contributed by atoms with Gasteiger partial charge in [0.25, 0.3) is 0 Å². The molecule has 92 valence electrons. The molecule has 1 aromatic carbocycles. The Hall–Kier alpha value is -0.520. The van der Waals surface area contributed by atoms with Gasteiger partial charge in [-0.2, -0.15) is 0 Å². The number of hydrogen-bond donors (Lipinski definition) is 0. The summed E-state index contributed by atoms with van der Waals surface area (Å²) in [6.45, 7) is 0. The van der Waals surface area contributed by atoms with Gasteiger partial charge >= 0.3 is 0 Å². The molecule has 2 nitrogen and oxygen atoms in total. The number of Topliss-reactive ketones (excluding diaryl/α,β-unsaturated/α-hetero) is 1. The molecule has 0 amide bonds. The SMILES string of the molecule is O=C(Cc1ccc(Br)cc1)c1ncc(Br)cc1Br. The van der Waals surface area contributed by atoms with Crippen LogP contribution in [0.2, 0.25) is 0 Å². The van der Waals surface area contributed by atoms with Gasteiger partial charge in [0.2, 0.25) is 0 Å². The van der Waals surface area contributed by atoms with Gasteiger partial charge in [0.1, 0.15) is 5.69 Å². The molecule has 0 atom stereocenters. The highest BCUT2D eigenvalue weighted by molar-refractivity contribution is 9.11. The molecular weight excluding hydrogens is 426 g/mol. The van der Waals surface area contributed by atoms with Crippen molar-refractivity contribution < 1.29 is 4.79 Å². The molecular formula is C13H8Br3NO. The molecule has 0 saturated heterocycles. The van der Waals surface area contributed by atoms with Crippen molar-refractivity contribution >= 4 is 53.6 Å². The van der Waals surface area contributed by atoms with Gasteiger partial charge in [-0.05, 0) is 55.6 Å². The number of hydrogen-bond acceptors (Lipinski definition) is 2. The first-order valence-corrected chi connectivity index (χ1v) is 7.53. The molecule has 0 unspecified atom stereocenters. The summed E-state index contributed by atoms with van der Waals surface area (Å²) in [4.78, 5) is 16.3. The quantitative estimate of drug-likeness (QED) is 0.651. The number of carbonyl (C=O) groups excluding carboxylic acids is 1. The van der Waals surface area contributed by atoms with Gasteiger partial charge < -0.3 is 0 Å². The van der Waals surface area contributed by atoms with Gasteiger partial charge in [-0.1, -0.05) is 28.1 Å². The van der Waals surface area contributed by atoms with E-state index in [0.29, 0.717) is 16.6 Å². The lowest BCUT2D eigenvalue weighted by atomic mass is 10.1. The van der Waals surface area contributed by atoms with Crippen LogP contribution in [-0.2, 0) is 6.42 Å². The molecule has 0 aliphatic heterocycles. The first-order valence-electron chi connectivity index (χ1n) is 5.15. The summed E-state index contributed by atoms with van der Waals surface area (Å²) >= 11 is 10.0. The Balaban J connectivity index is 2.19. The molecule has 0 N–H and O–H groups in total. The lowest BCUT2D eigenvalue weighted by Crippen LogP contribution is -2.06. The lowest BCUT2D eigenvalue weighted by molar-refractivity contribution is 0.0987. The number of aromatic nitrogens is 1. The molecule has 5 heteroatoms. The van der Waals surface area contributed by atoms with E-state index in [1.165, 1.54) is 0 Å². The molecule has 18 heavy (non-hydrogen) atoms. The average Bonchev–Trinajstić information content (AvgIpc) is 2.32. The second-order valence-corrected chi connectivity index (χ2v) is 6.40. The van der Waals surface area contributed by atoms with Crippen LogP contribution in [0.25, 0.3) is 0 Å². The molecule has 0 bridgehead atoms. The van der Waals surface area contributed by atoms with Crippen LogP contribution in [0.15, 0.2) is 49.9 Å². The van der Waals surface area contributed by atoms with E-state index in [0.717, 1.165) is 14.5 Å². The van der Waals surface area contributed by atoms with Crippen molar-refractivity contribution in [1.82, 2.24) is 4.98 Å². The first kappa shape index (κ1) is 13.9. The summed E-state index contributed by atoms with van der Waals surface area (Å²) in [5.41, 5.74) is 1.43. The molecule has 0 spiro atoms. The lowest BCUT2D eigenvalue weighted by Gasteiger charge is -2.04. The zero-order valence-corrected chi connectivity index (χ0v) is 13.9. The fourth-order valence-electron chi connectivity index (χ4n) is 1.49. The van der Waals surface area contributed by atoms with Crippen molar-refractivity contribution in [1.29, 1.82) is 0 Å². The predicted molar refractivity (Wildman–Crippen MR) is 81.8 cm³/mol. The highest BCUT2D eigenvalue weighted by Crippen LogP contribution is 2.21. The topological polar surface area (TPSA) is 30.0 Å². The number of rotatable bonds is 3. The van der Waals surface area contributed by atoms with Crippen molar-refractivity contribution in [3.8, 4) is 0 Å². The van der Waals surface area contributed by atoms with Crippen molar-refractivity contribution in [2.75, 3.05) is 0 Å². The van der Waals surface area contributed by atoms with E-state index in [4.69, 9.17) is 0 Å². The number of halogens is 3. The van der Waals surface area contributed by atoms with Crippen molar-refractivity contribution in [2.24, 2.45) is 0 Å². The summed E-state index contributed by atoms with van der Waals surface area (Å²) in [5, 5.41) is 0. The van der Waals surface area contributed by atoms with E-state index < -0.39 is 0 Å². The fourth-order valence-corrected chi connectivity index (χ4v) is 2.96. The van der Waals surface area contributed by atoms with Gasteiger partial charge in [0.05, 0.1) is 0 Å². The number of nitrogens with zero attached hydrogens (tertiary/aromatic N) is 1. The highest BCUT2D eigenvalue weighted by atomic mass is 79.9. The van der Waals surface area contributed by atoms with Crippen LogP contribution in [0.1, 0.15) is 16.1 Å².